The van der Waals surface area contributed by atoms with E-state index in [9.17, 15) is 4.79 Å². The first-order chi connectivity index (χ1) is 12.2. The highest BCUT2D eigenvalue weighted by atomic mass is 16.5. The Labute approximate surface area is 145 Å². The minimum Gasteiger partial charge on any atom is -0.381 e. The van der Waals surface area contributed by atoms with Crippen molar-refractivity contribution in [3.8, 4) is 0 Å². The number of likely N-dealkylation sites (tertiary alicyclic amines) is 1. The van der Waals surface area contributed by atoms with E-state index in [0.717, 1.165) is 50.4 Å². The van der Waals surface area contributed by atoms with Gasteiger partial charge in [-0.25, -0.2) is 4.98 Å². The second-order valence-electron chi connectivity index (χ2n) is 6.58. The molecule has 2 aromatic rings. The maximum Gasteiger partial charge on any atom is 0.274 e. The number of aromatic nitrogens is 4. The summed E-state index contributed by atoms with van der Waals surface area (Å²) in [6.45, 7) is 3.97. The molecule has 0 aromatic carbocycles. The highest BCUT2D eigenvalue weighted by Gasteiger charge is 2.35. The van der Waals surface area contributed by atoms with Gasteiger partial charge in [-0.1, -0.05) is 5.16 Å². The second-order valence-corrected chi connectivity index (χ2v) is 6.58. The van der Waals surface area contributed by atoms with Gasteiger partial charge in [-0.3, -0.25) is 9.78 Å². The average molecular weight is 343 g/mol. The van der Waals surface area contributed by atoms with Crippen LogP contribution in [0.15, 0.2) is 16.9 Å². The third-order valence-corrected chi connectivity index (χ3v) is 4.84. The van der Waals surface area contributed by atoms with Crippen molar-refractivity contribution in [3.63, 3.8) is 0 Å². The summed E-state index contributed by atoms with van der Waals surface area (Å²) < 4.78 is 10.9. The predicted molar refractivity (Wildman–Crippen MR) is 86.9 cm³/mol. The number of rotatable bonds is 3. The van der Waals surface area contributed by atoms with Crippen LogP contribution in [0.1, 0.15) is 65.5 Å². The number of carbonyl (C=O) groups is 1. The van der Waals surface area contributed by atoms with Crippen molar-refractivity contribution in [2.45, 2.75) is 44.6 Å². The van der Waals surface area contributed by atoms with Crippen LogP contribution in [0.2, 0.25) is 0 Å². The maximum absolute atomic E-state index is 12.8. The maximum atomic E-state index is 12.8. The molecule has 2 aromatic heterocycles. The number of amides is 1. The van der Waals surface area contributed by atoms with Crippen molar-refractivity contribution in [3.05, 3.63) is 35.5 Å². The van der Waals surface area contributed by atoms with Crippen molar-refractivity contribution < 1.29 is 14.1 Å². The standard InChI is InChI=1S/C17H21N5O3/c1-11-9-19-13(10-18-11)17(23)22-6-2-3-14(22)16-20-15(21-25-16)12-4-7-24-8-5-12/h9-10,12,14H,2-8H2,1H3. The third-order valence-electron chi connectivity index (χ3n) is 4.84. The Bertz CT molecular complexity index is 739. The van der Waals surface area contributed by atoms with Gasteiger partial charge in [0.25, 0.3) is 5.91 Å². The molecule has 8 nitrogen and oxygen atoms in total. The second kappa shape index (κ2) is 6.87. The Morgan fingerprint density at radius 1 is 1.20 bits per heavy atom. The van der Waals surface area contributed by atoms with Gasteiger partial charge >= 0.3 is 0 Å². The van der Waals surface area contributed by atoms with E-state index in [1.807, 2.05) is 6.92 Å². The summed E-state index contributed by atoms with van der Waals surface area (Å²) >= 11 is 0. The van der Waals surface area contributed by atoms with Crippen molar-refractivity contribution in [2.24, 2.45) is 0 Å². The summed E-state index contributed by atoms with van der Waals surface area (Å²) in [6, 6.07) is -0.184. The van der Waals surface area contributed by atoms with Crippen LogP contribution in [0.5, 0.6) is 0 Å². The first-order valence-corrected chi connectivity index (χ1v) is 8.73. The normalized spacial score (nSPS) is 21.6. The van der Waals surface area contributed by atoms with E-state index in [-0.39, 0.29) is 17.9 Å². The van der Waals surface area contributed by atoms with Gasteiger partial charge in [-0.05, 0) is 32.6 Å². The van der Waals surface area contributed by atoms with Crippen LogP contribution in [-0.2, 0) is 4.74 Å². The van der Waals surface area contributed by atoms with Crippen LogP contribution < -0.4 is 0 Å². The molecule has 1 atom stereocenters. The molecule has 1 unspecified atom stereocenters. The van der Waals surface area contributed by atoms with Gasteiger partial charge in [0.15, 0.2) is 5.82 Å². The fourth-order valence-corrected chi connectivity index (χ4v) is 3.42. The average Bonchev–Trinajstić information content (AvgIpc) is 3.32. The summed E-state index contributed by atoms with van der Waals surface area (Å²) in [7, 11) is 0. The minimum atomic E-state index is -0.184. The SMILES string of the molecule is Cc1cnc(C(=O)N2CCCC2c2nc(C3CCOCC3)no2)cn1. The first-order valence-electron chi connectivity index (χ1n) is 8.73. The summed E-state index contributed by atoms with van der Waals surface area (Å²) in [5.41, 5.74) is 1.13. The molecule has 2 aliphatic rings. The third kappa shape index (κ3) is 3.26. The van der Waals surface area contributed by atoms with Crippen LogP contribution in [0.4, 0.5) is 0 Å². The zero-order chi connectivity index (χ0) is 17.2. The Kier molecular flexibility index (Phi) is 4.44. The van der Waals surface area contributed by atoms with Crippen LogP contribution in [0, 0.1) is 6.92 Å². The number of aryl methyl sites for hydroxylation is 1. The number of carbonyl (C=O) groups excluding carboxylic acids is 1. The van der Waals surface area contributed by atoms with Crippen LogP contribution in [0.25, 0.3) is 0 Å². The molecule has 0 spiro atoms. The Morgan fingerprint density at radius 2 is 2.04 bits per heavy atom. The fraction of sp³-hybridized carbons (Fsp3) is 0.588. The fourth-order valence-electron chi connectivity index (χ4n) is 3.42. The molecule has 1 amide bonds. The van der Waals surface area contributed by atoms with Crippen LogP contribution >= 0.6 is 0 Å². The quantitative estimate of drug-likeness (QED) is 0.841. The van der Waals surface area contributed by atoms with Crippen LogP contribution in [-0.4, -0.2) is 50.7 Å². The van der Waals surface area contributed by atoms with Gasteiger partial charge in [-0.2, -0.15) is 4.98 Å². The van der Waals surface area contributed by atoms with Crippen molar-refractivity contribution in [1.29, 1.82) is 0 Å². The topological polar surface area (TPSA) is 94.2 Å². The summed E-state index contributed by atoms with van der Waals surface area (Å²) in [4.78, 5) is 27.5. The predicted octanol–water partition coefficient (Wildman–Crippen LogP) is 2.04. The monoisotopic (exact) mass is 343 g/mol. The van der Waals surface area contributed by atoms with E-state index >= 15 is 0 Å². The molecule has 0 saturated carbocycles. The van der Waals surface area contributed by atoms with E-state index < -0.39 is 0 Å². The molecular weight excluding hydrogens is 322 g/mol. The largest absolute Gasteiger partial charge is 0.381 e. The zero-order valence-electron chi connectivity index (χ0n) is 14.2. The number of hydrogen-bond donors (Lipinski definition) is 0. The molecular formula is C17H21N5O3. The van der Waals surface area contributed by atoms with Crippen molar-refractivity contribution in [2.75, 3.05) is 19.8 Å². The molecule has 8 heteroatoms. The van der Waals surface area contributed by atoms with E-state index in [0.29, 0.717) is 18.1 Å². The zero-order valence-corrected chi connectivity index (χ0v) is 14.2. The molecule has 2 aliphatic heterocycles. The van der Waals surface area contributed by atoms with Gasteiger partial charge in [0.1, 0.15) is 11.7 Å². The number of ether oxygens (including phenoxy) is 1. The summed E-state index contributed by atoms with van der Waals surface area (Å²) in [6.07, 6.45) is 6.67. The van der Waals surface area contributed by atoms with Gasteiger partial charge < -0.3 is 14.2 Å². The number of nitrogens with zero attached hydrogens (tertiary/aromatic N) is 5. The van der Waals surface area contributed by atoms with Crippen molar-refractivity contribution in [1.82, 2.24) is 25.0 Å². The summed E-state index contributed by atoms with van der Waals surface area (Å²) in [5.74, 6) is 1.39. The molecule has 0 N–H and O–H groups in total. The van der Waals surface area contributed by atoms with E-state index in [1.54, 1.807) is 11.1 Å². The van der Waals surface area contributed by atoms with E-state index in [2.05, 4.69) is 20.1 Å². The molecule has 2 saturated heterocycles. The molecule has 2 fully saturated rings. The summed E-state index contributed by atoms with van der Waals surface area (Å²) in [5, 5.41) is 4.15. The van der Waals surface area contributed by atoms with Crippen molar-refractivity contribution >= 4 is 5.91 Å². The Balaban J connectivity index is 1.52. The molecule has 4 rings (SSSR count). The lowest BCUT2D eigenvalue weighted by molar-refractivity contribution is 0.0703. The lowest BCUT2D eigenvalue weighted by Crippen LogP contribution is -2.31. The van der Waals surface area contributed by atoms with Gasteiger partial charge in [0.05, 0.1) is 11.9 Å². The van der Waals surface area contributed by atoms with E-state index in [4.69, 9.17) is 9.26 Å². The Hall–Kier alpha value is -2.35. The minimum absolute atomic E-state index is 0.138. The van der Waals surface area contributed by atoms with Gasteiger partial charge in [-0.15, -0.1) is 0 Å². The molecule has 0 bridgehead atoms. The Morgan fingerprint density at radius 3 is 2.80 bits per heavy atom. The van der Waals surface area contributed by atoms with Crippen LogP contribution in [0.3, 0.4) is 0 Å². The lowest BCUT2D eigenvalue weighted by atomic mass is 10.00. The molecule has 4 heterocycles. The molecule has 0 aliphatic carbocycles. The highest BCUT2D eigenvalue weighted by molar-refractivity contribution is 5.92. The smallest absolute Gasteiger partial charge is 0.274 e. The molecule has 0 radical (unpaired) electrons. The number of hydrogen-bond acceptors (Lipinski definition) is 7. The molecule has 132 valence electrons. The van der Waals surface area contributed by atoms with Gasteiger partial charge in [0.2, 0.25) is 5.89 Å². The highest BCUT2D eigenvalue weighted by Crippen LogP contribution is 2.33. The van der Waals surface area contributed by atoms with E-state index in [1.165, 1.54) is 6.20 Å². The lowest BCUT2D eigenvalue weighted by Gasteiger charge is -2.21. The molecule has 25 heavy (non-hydrogen) atoms. The van der Waals surface area contributed by atoms with Gasteiger partial charge in [0, 0.05) is 31.9 Å². The first kappa shape index (κ1) is 16.1.